The van der Waals surface area contributed by atoms with E-state index in [0.29, 0.717) is 5.69 Å². The third-order valence-electron chi connectivity index (χ3n) is 2.69. The van der Waals surface area contributed by atoms with Crippen molar-refractivity contribution in [2.24, 2.45) is 5.92 Å². The summed E-state index contributed by atoms with van der Waals surface area (Å²) in [4.78, 5) is 11.6. The Morgan fingerprint density at radius 2 is 2.00 bits per heavy atom. The normalized spacial score (nSPS) is 12.9. The average Bonchev–Trinajstić information content (AvgIpc) is 2.35. The lowest BCUT2D eigenvalue weighted by molar-refractivity contribution is -0.117. The second-order valence-electron chi connectivity index (χ2n) is 4.54. The van der Waals surface area contributed by atoms with E-state index in [9.17, 15) is 4.79 Å². The number of hydrogen-bond acceptors (Lipinski definition) is 3. The molecule has 0 radical (unpaired) electrons. The minimum absolute atomic E-state index is 0.0564. The molecule has 0 aliphatic carbocycles. The maximum Gasteiger partial charge on any atom is 0.244 e. The number of carbonyl (C=O) groups excluding carboxylic acids is 1. The first-order chi connectivity index (χ1) is 8.52. The molecule has 0 heterocycles. The number of nitrogens with one attached hydrogen (secondary N) is 1. The predicted molar refractivity (Wildman–Crippen MR) is 73.7 cm³/mol. The highest BCUT2D eigenvalue weighted by atomic mass is 16.3. The lowest BCUT2D eigenvalue weighted by atomic mass is 10.1. The summed E-state index contributed by atoms with van der Waals surface area (Å²) in [6.45, 7) is 3.84. The van der Waals surface area contributed by atoms with Crippen LogP contribution in [0.15, 0.2) is 30.3 Å². The SMILES string of the molecule is CC(C)[C@@H](CO)NC(=O)/C=C/c1ccc(N)cc1. The summed E-state index contributed by atoms with van der Waals surface area (Å²) in [7, 11) is 0. The van der Waals surface area contributed by atoms with Gasteiger partial charge in [-0.3, -0.25) is 4.79 Å². The van der Waals surface area contributed by atoms with Crippen LogP contribution in [0.4, 0.5) is 5.69 Å². The van der Waals surface area contributed by atoms with Crippen LogP contribution in [0.2, 0.25) is 0 Å². The van der Waals surface area contributed by atoms with Crippen molar-refractivity contribution in [3.8, 4) is 0 Å². The van der Waals surface area contributed by atoms with E-state index in [4.69, 9.17) is 10.8 Å². The number of hydrogen-bond donors (Lipinski definition) is 3. The van der Waals surface area contributed by atoms with Gasteiger partial charge in [0.15, 0.2) is 0 Å². The molecule has 0 aliphatic heterocycles. The number of rotatable bonds is 5. The Bertz CT molecular complexity index is 410. The largest absolute Gasteiger partial charge is 0.399 e. The summed E-state index contributed by atoms with van der Waals surface area (Å²) in [5.74, 6) is -0.0107. The van der Waals surface area contributed by atoms with Crippen molar-refractivity contribution < 1.29 is 9.90 Å². The standard InChI is InChI=1S/C14H20N2O2/c1-10(2)13(9-17)16-14(18)8-5-11-3-6-12(15)7-4-11/h3-8,10,13,17H,9,15H2,1-2H3,(H,16,18)/b8-5+/t13-/m1/s1. The number of aliphatic hydroxyl groups is 1. The highest BCUT2D eigenvalue weighted by Gasteiger charge is 2.12. The van der Waals surface area contributed by atoms with Crippen LogP contribution in [0.25, 0.3) is 6.08 Å². The minimum atomic E-state index is -0.214. The van der Waals surface area contributed by atoms with Crippen LogP contribution < -0.4 is 11.1 Å². The fourth-order valence-electron chi connectivity index (χ4n) is 1.43. The van der Waals surface area contributed by atoms with Crippen molar-refractivity contribution in [3.05, 3.63) is 35.9 Å². The molecule has 1 amide bonds. The number of carbonyl (C=O) groups is 1. The van der Waals surface area contributed by atoms with E-state index in [2.05, 4.69) is 5.32 Å². The van der Waals surface area contributed by atoms with Crippen LogP contribution in [0.5, 0.6) is 0 Å². The van der Waals surface area contributed by atoms with Gasteiger partial charge in [-0.25, -0.2) is 0 Å². The van der Waals surface area contributed by atoms with Crippen molar-refractivity contribution in [1.29, 1.82) is 0 Å². The van der Waals surface area contributed by atoms with Crippen LogP contribution in [0, 0.1) is 5.92 Å². The molecule has 98 valence electrons. The molecule has 0 aliphatic rings. The third-order valence-corrected chi connectivity index (χ3v) is 2.69. The Morgan fingerprint density at radius 3 is 2.50 bits per heavy atom. The van der Waals surface area contributed by atoms with Crippen molar-refractivity contribution in [1.82, 2.24) is 5.32 Å². The van der Waals surface area contributed by atoms with Crippen molar-refractivity contribution in [3.63, 3.8) is 0 Å². The molecule has 0 saturated heterocycles. The second-order valence-corrected chi connectivity index (χ2v) is 4.54. The van der Waals surface area contributed by atoms with E-state index in [1.54, 1.807) is 18.2 Å². The van der Waals surface area contributed by atoms with Crippen LogP contribution in [0.1, 0.15) is 19.4 Å². The molecular formula is C14H20N2O2. The van der Waals surface area contributed by atoms with Crippen LogP contribution in [0.3, 0.4) is 0 Å². The van der Waals surface area contributed by atoms with Crippen molar-refractivity contribution in [2.45, 2.75) is 19.9 Å². The summed E-state index contributed by atoms with van der Waals surface area (Å²) in [6, 6.07) is 7.02. The molecule has 1 rings (SSSR count). The van der Waals surface area contributed by atoms with Gasteiger partial charge in [-0.05, 0) is 29.7 Å². The first-order valence-electron chi connectivity index (χ1n) is 5.98. The second kappa shape index (κ2) is 6.81. The maximum atomic E-state index is 11.6. The molecule has 18 heavy (non-hydrogen) atoms. The van der Waals surface area contributed by atoms with E-state index in [0.717, 1.165) is 5.56 Å². The smallest absolute Gasteiger partial charge is 0.244 e. The van der Waals surface area contributed by atoms with Crippen LogP contribution in [-0.2, 0) is 4.79 Å². The van der Waals surface area contributed by atoms with Gasteiger partial charge in [0.05, 0.1) is 12.6 Å². The van der Waals surface area contributed by atoms with E-state index in [1.165, 1.54) is 6.08 Å². The van der Waals surface area contributed by atoms with Gasteiger partial charge in [-0.15, -0.1) is 0 Å². The predicted octanol–water partition coefficient (Wildman–Crippen LogP) is 1.42. The minimum Gasteiger partial charge on any atom is -0.399 e. The summed E-state index contributed by atoms with van der Waals surface area (Å²) >= 11 is 0. The highest BCUT2D eigenvalue weighted by molar-refractivity contribution is 5.91. The molecule has 0 unspecified atom stereocenters. The van der Waals surface area contributed by atoms with Gasteiger partial charge in [-0.2, -0.15) is 0 Å². The Balaban J connectivity index is 2.56. The van der Waals surface area contributed by atoms with Gasteiger partial charge < -0.3 is 16.2 Å². The number of nitrogen functional groups attached to an aromatic ring is 1. The molecule has 0 spiro atoms. The van der Waals surface area contributed by atoms with Gasteiger partial charge >= 0.3 is 0 Å². The fourth-order valence-corrected chi connectivity index (χ4v) is 1.43. The summed E-state index contributed by atoms with van der Waals surface area (Å²) in [5, 5.41) is 11.9. The molecular weight excluding hydrogens is 228 g/mol. The molecule has 4 N–H and O–H groups in total. The highest BCUT2D eigenvalue weighted by Crippen LogP contribution is 2.07. The first-order valence-corrected chi connectivity index (χ1v) is 5.98. The molecule has 0 fully saturated rings. The summed E-state index contributed by atoms with van der Waals surface area (Å²) in [5.41, 5.74) is 7.17. The number of benzene rings is 1. The lowest BCUT2D eigenvalue weighted by Crippen LogP contribution is -2.40. The molecule has 4 nitrogen and oxygen atoms in total. The van der Waals surface area contributed by atoms with Gasteiger partial charge in [0.2, 0.25) is 5.91 Å². The quantitative estimate of drug-likeness (QED) is 0.545. The molecule has 1 aromatic rings. The van der Waals surface area contributed by atoms with Crippen LogP contribution in [-0.4, -0.2) is 23.7 Å². The van der Waals surface area contributed by atoms with Gasteiger partial charge in [-0.1, -0.05) is 26.0 Å². The zero-order valence-corrected chi connectivity index (χ0v) is 10.8. The van der Waals surface area contributed by atoms with Gasteiger partial charge in [0, 0.05) is 11.8 Å². The molecule has 0 aromatic heterocycles. The number of nitrogens with two attached hydrogens (primary N) is 1. The van der Waals surface area contributed by atoms with E-state index >= 15 is 0 Å². The van der Waals surface area contributed by atoms with Crippen LogP contribution >= 0.6 is 0 Å². The number of aliphatic hydroxyl groups excluding tert-OH is 1. The average molecular weight is 248 g/mol. The van der Waals surface area contributed by atoms with E-state index in [1.807, 2.05) is 26.0 Å². The Hall–Kier alpha value is -1.81. The maximum absolute atomic E-state index is 11.6. The Labute approximate surface area is 108 Å². The molecule has 4 heteroatoms. The van der Waals surface area contributed by atoms with Crippen molar-refractivity contribution in [2.75, 3.05) is 12.3 Å². The number of anilines is 1. The summed E-state index contributed by atoms with van der Waals surface area (Å²) < 4.78 is 0. The monoisotopic (exact) mass is 248 g/mol. The Morgan fingerprint density at radius 1 is 1.39 bits per heavy atom. The van der Waals surface area contributed by atoms with Gasteiger partial charge in [0.25, 0.3) is 0 Å². The molecule has 1 aromatic carbocycles. The Kier molecular flexibility index (Phi) is 5.39. The molecule has 1 atom stereocenters. The fraction of sp³-hybridized carbons (Fsp3) is 0.357. The first kappa shape index (κ1) is 14.3. The molecule has 0 saturated carbocycles. The van der Waals surface area contributed by atoms with E-state index < -0.39 is 0 Å². The van der Waals surface area contributed by atoms with Gasteiger partial charge in [0.1, 0.15) is 0 Å². The number of amides is 1. The zero-order chi connectivity index (χ0) is 13.5. The third kappa shape index (κ3) is 4.59. The van der Waals surface area contributed by atoms with Crippen molar-refractivity contribution >= 4 is 17.7 Å². The summed E-state index contributed by atoms with van der Waals surface area (Å²) in [6.07, 6.45) is 3.17. The topological polar surface area (TPSA) is 75.3 Å². The molecule has 0 bridgehead atoms. The zero-order valence-electron chi connectivity index (χ0n) is 10.8. The lowest BCUT2D eigenvalue weighted by Gasteiger charge is -2.18. The van der Waals surface area contributed by atoms with E-state index in [-0.39, 0.29) is 24.5 Å².